The van der Waals surface area contributed by atoms with Crippen LogP contribution in [0.5, 0.6) is 0 Å². The van der Waals surface area contributed by atoms with Gasteiger partial charge in [-0.25, -0.2) is 0 Å². The normalized spacial score (nSPS) is 9.93. The Kier molecular flexibility index (Phi) is 6.28. The van der Waals surface area contributed by atoms with Gasteiger partial charge in [-0.05, 0) is 24.3 Å². The number of benzene rings is 1. The second-order valence-corrected chi connectivity index (χ2v) is 4.43. The van der Waals surface area contributed by atoms with Crippen LogP contribution in [0.3, 0.4) is 0 Å². The largest absolute Gasteiger partial charge is 0.355 e. The Hall–Kier alpha value is -0.670. The maximum absolute atomic E-state index is 10.8. The summed E-state index contributed by atoms with van der Waals surface area (Å²) < 4.78 is 0. The highest BCUT2D eigenvalue weighted by Gasteiger charge is 1.96. The second-order valence-electron chi connectivity index (χ2n) is 3.00. The minimum atomic E-state index is -0.0959. The topological polar surface area (TPSA) is 29.1 Å². The standard InChI is InChI=1S/C11H14ClNOS/c12-9-11(14)13-7-4-8-15-10-5-2-1-3-6-10/h1-3,5-6H,4,7-9H2,(H,13,14). The molecular weight excluding hydrogens is 230 g/mol. The summed E-state index contributed by atoms with van der Waals surface area (Å²) in [6, 6.07) is 10.2. The van der Waals surface area contributed by atoms with E-state index in [9.17, 15) is 4.79 Å². The molecule has 0 spiro atoms. The molecule has 0 aliphatic heterocycles. The number of carbonyl (C=O) groups excluding carboxylic acids is 1. The number of amides is 1. The molecule has 1 rings (SSSR count). The fourth-order valence-electron chi connectivity index (χ4n) is 1.05. The van der Waals surface area contributed by atoms with Crippen LogP contribution in [-0.4, -0.2) is 24.1 Å². The van der Waals surface area contributed by atoms with Crippen molar-refractivity contribution in [2.75, 3.05) is 18.2 Å². The highest BCUT2D eigenvalue weighted by Crippen LogP contribution is 2.17. The summed E-state index contributed by atoms with van der Waals surface area (Å²) >= 11 is 7.14. The quantitative estimate of drug-likeness (QED) is 0.473. The van der Waals surface area contributed by atoms with Gasteiger partial charge >= 0.3 is 0 Å². The number of rotatable bonds is 6. The van der Waals surface area contributed by atoms with Gasteiger partial charge in [0.2, 0.25) is 5.91 Å². The lowest BCUT2D eigenvalue weighted by atomic mass is 10.4. The van der Waals surface area contributed by atoms with E-state index < -0.39 is 0 Å². The first-order chi connectivity index (χ1) is 7.33. The number of halogens is 1. The minimum Gasteiger partial charge on any atom is -0.355 e. The third kappa shape index (κ3) is 5.70. The second kappa shape index (κ2) is 7.60. The van der Waals surface area contributed by atoms with Gasteiger partial charge in [-0.1, -0.05) is 18.2 Å². The van der Waals surface area contributed by atoms with Gasteiger partial charge in [-0.15, -0.1) is 23.4 Å². The molecule has 0 saturated heterocycles. The summed E-state index contributed by atoms with van der Waals surface area (Å²) in [5.41, 5.74) is 0. The molecule has 0 aliphatic rings. The molecule has 1 amide bonds. The van der Waals surface area contributed by atoms with E-state index >= 15 is 0 Å². The van der Waals surface area contributed by atoms with Crippen molar-refractivity contribution in [3.8, 4) is 0 Å². The summed E-state index contributed by atoms with van der Waals surface area (Å²) in [4.78, 5) is 12.1. The number of nitrogens with one attached hydrogen (secondary N) is 1. The molecule has 1 aromatic carbocycles. The van der Waals surface area contributed by atoms with Crippen molar-refractivity contribution in [2.24, 2.45) is 0 Å². The average molecular weight is 244 g/mol. The minimum absolute atomic E-state index is 0.0474. The van der Waals surface area contributed by atoms with Crippen molar-refractivity contribution in [2.45, 2.75) is 11.3 Å². The Bertz CT molecular complexity index is 292. The molecule has 0 aromatic heterocycles. The van der Waals surface area contributed by atoms with Crippen LogP contribution in [0.1, 0.15) is 6.42 Å². The van der Waals surface area contributed by atoms with E-state index in [0.717, 1.165) is 12.2 Å². The molecule has 0 radical (unpaired) electrons. The van der Waals surface area contributed by atoms with Gasteiger partial charge in [0, 0.05) is 11.4 Å². The average Bonchev–Trinajstić information content (AvgIpc) is 2.29. The summed E-state index contributed by atoms with van der Waals surface area (Å²) in [7, 11) is 0. The molecule has 0 unspecified atom stereocenters. The number of hydrogen-bond donors (Lipinski definition) is 1. The Labute approximate surface area is 99.4 Å². The monoisotopic (exact) mass is 243 g/mol. The SMILES string of the molecule is O=C(CCl)NCCCSc1ccccc1. The maximum Gasteiger partial charge on any atom is 0.234 e. The first kappa shape index (κ1) is 12.4. The van der Waals surface area contributed by atoms with Crippen LogP contribution in [0.2, 0.25) is 0 Å². The van der Waals surface area contributed by atoms with Crippen LogP contribution in [-0.2, 0) is 4.79 Å². The van der Waals surface area contributed by atoms with E-state index in [0.29, 0.717) is 6.54 Å². The smallest absolute Gasteiger partial charge is 0.234 e. The fourth-order valence-corrected chi connectivity index (χ4v) is 2.02. The van der Waals surface area contributed by atoms with Crippen molar-refractivity contribution in [1.82, 2.24) is 5.32 Å². The molecule has 0 bridgehead atoms. The molecule has 82 valence electrons. The predicted molar refractivity (Wildman–Crippen MR) is 65.5 cm³/mol. The number of carbonyl (C=O) groups is 1. The van der Waals surface area contributed by atoms with E-state index in [4.69, 9.17) is 11.6 Å². The number of thioether (sulfide) groups is 1. The lowest BCUT2D eigenvalue weighted by Gasteiger charge is -2.02. The molecule has 4 heteroatoms. The number of alkyl halides is 1. The summed E-state index contributed by atoms with van der Waals surface area (Å²) in [5.74, 6) is 0.958. The molecular formula is C11H14ClNOS. The Morgan fingerprint density at radius 3 is 2.73 bits per heavy atom. The first-order valence-electron chi connectivity index (χ1n) is 4.83. The highest BCUT2D eigenvalue weighted by atomic mass is 35.5. The Morgan fingerprint density at radius 2 is 2.07 bits per heavy atom. The summed E-state index contributed by atoms with van der Waals surface area (Å²) in [5, 5.41) is 2.73. The van der Waals surface area contributed by atoms with Gasteiger partial charge in [-0.3, -0.25) is 4.79 Å². The third-order valence-electron chi connectivity index (χ3n) is 1.78. The Balaban J connectivity index is 2.05. The predicted octanol–water partition coefficient (Wildman–Crippen LogP) is 2.52. The molecule has 0 heterocycles. The molecule has 0 atom stereocenters. The number of hydrogen-bond acceptors (Lipinski definition) is 2. The molecule has 15 heavy (non-hydrogen) atoms. The molecule has 2 nitrogen and oxygen atoms in total. The zero-order chi connectivity index (χ0) is 10.9. The van der Waals surface area contributed by atoms with Gasteiger partial charge in [0.05, 0.1) is 0 Å². The fraction of sp³-hybridized carbons (Fsp3) is 0.364. The third-order valence-corrected chi connectivity index (χ3v) is 3.12. The van der Waals surface area contributed by atoms with Gasteiger partial charge in [0.25, 0.3) is 0 Å². The van der Waals surface area contributed by atoms with Gasteiger partial charge in [0.15, 0.2) is 0 Å². The van der Waals surface area contributed by atoms with Crippen LogP contribution in [0, 0.1) is 0 Å². The van der Waals surface area contributed by atoms with E-state index in [-0.39, 0.29) is 11.8 Å². The maximum atomic E-state index is 10.8. The lowest BCUT2D eigenvalue weighted by Crippen LogP contribution is -2.25. The first-order valence-corrected chi connectivity index (χ1v) is 6.35. The zero-order valence-electron chi connectivity index (χ0n) is 8.41. The van der Waals surface area contributed by atoms with Crippen LogP contribution in [0.25, 0.3) is 0 Å². The molecule has 0 saturated carbocycles. The van der Waals surface area contributed by atoms with E-state index in [2.05, 4.69) is 17.4 Å². The van der Waals surface area contributed by atoms with Crippen molar-refractivity contribution >= 4 is 29.3 Å². The van der Waals surface area contributed by atoms with Crippen molar-refractivity contribution in [3.05, 3.63) is 30.3 Å². The van der Waals surface area contributed by atoms with E-state index in [1.165, 1.54) is 4.90 Å². The van der Waals surface area contributed by atoms with E-state index in [1.807, 2.05) is 18.2 Å². The van der Waals surface area contributed by atoms with E-state index in [1.54, 1.807) is 11.8 Å². The lowest BCUT2D eigenvalue weighted by molar-refractivity contribution is -0.118. The van der Waals surface area contributed by atoms with Gasteiger partial charge in [-0.2, -0.15) is 0 Å². The molecule has 1 aromatic rings. The highest BCUT2D eigenvalue weighted by molar-refractivity contribution is 7.99. The zero-order valence-corrected chi connectivity index (χ0v) is 9.98. The van der Waals surface area contributed by atoms with Crippen LogP contribution in [0.4, 0.5) is 0 Å². The van der Waals surface area contributed by atoms with Crippen molar-refractivity contribution < 1.29 is 4.79 Å². The van der Waals surface area contributed by atoms with Gasteiger partial charge in [0.1, 0.15) is 5.88 Å². The summed E-state index contributed by atoms with van der Waals surface area (Å²) in [6.07, 6.45) is 0.961. The molecule has 1 N–H and O–H groups in total. The molecule has 0 aliphatic carbocycles. The molecule has 0 fully saturated rings. The van der Waals surface area contributed by atoms with Gasteiger partial charge < -0.3 is 5.32 Å². The summed E-state index contributed by atoms with van der Waals surface area (Å²) in [6.45, 7) is 0.700. The van der Waals surface area contributed by atoms with Crippen molar-refractivity contribution in [1.29, 1.82) is 0 Å². The van der Waals surface area contributed by atoms with Crippen LogP contribution in [0.15, 0.2) is 35.2 Å². The van der Waals surface area contributed by atoms with Crippen LogP contribution < -0.4 is 5.32 Å². The van der Waals surface area contributed by atoms with Crippen LogP contribution >= 0.6 is 23.4 Å². The van der Waals surface area contributed by atoms with Crippen molar-refractivity contribution in [3.63, 3.8) is 0 Å². The Morgan fingerprint density at radius 1 is 1.33 bits per heavy atom.